The maximum absolute atomic E-state index is 13.0. The van der Waals surface area contributed by atoms with Gasteiger partial charge in [-0.3, -0.25) is 19.4 Å². The van der Waals surface area contributed by atoms with E-state index in [1.807, 2.05) is 18.2 Å². The van der Waals surface area contributed by atoms with Gasteiger partial charge in [-0.2, -0.15) is 0 Å². The van der Waals surface area contributed by atoms with Gasteiger partial charge in [0.2, 0.25) is 0 Å². The van der Waals surface area contributed by atoms with E-state index in [1.165, 1.54) is 20.5 Å². The molecule has 2 aliphatic rings. The lowest BCUT2D eigenvalue weighted by Gasteiger charge is -2.36. The second kappa shape index (κ2) is 9.00. The molecule has 0 radical (unpaired) electrons. The minimum atomic E-state index is -2.32. The van der Waals surface area contributed by atoms with Crippen LogP contribution in [-0.4, -0.2) is 48.9 Å². The summed E-state index contributed by atoms with van der Waals surface area (Å²) in [4.78, 5) is 31.0. The van der Waals surface area contributed by atoms with Crippen LogP contribution in [0.15, 0.2) is 107 Å². The first kappa shape index (κ1) is 23.9. The quantitative estimate of drug-likeness (QED) is 0.195. The Labute approximate surface area is 217 Å². The normalized spacial score (nSPS) is 17.4. The van der Waals surface area contributed by atoms with Crippen LogP contribution < -0.4 is 4.90 Å². The molecule has 0 aliphatic carbocycles. The average Bonchev–Trinajstić information content (AvgIpc) is 3.18. The predicted octanol–water partition coefficient (Wildman–Crippen LogP) is 5.73. The third kappa shape index (κ3) is 3.81. The number of carbonyl (C=O) groups excluding carboxylic acids is 2. The highest BCUT2D eigenvalue weighted by atomic mass is 32.1. The van der Waals surface area contributed by atoms with Gasteiger partial charge < -0.3 is 4.90 Å². The molecular formula is C29H27N3O2SSi. The first-order chi connectivity index (χ1) is 17.2. The van der Waals surface area contributed by atoms with E-state index in [-0.39, 0.29) is 22.5 Å². The number of hydrogen-bond acceptors (Lipinski definition) is 4. The molecule has 180 valence electrons. The van der Waals surface area contributed by atoms with Gasteiger partial charge in [0, 0.05) is 30.5 Å². The molecule has 0 N–H and O–H groups in total. The average molecular weight is 510 g/mol. The summed E-state index contributed by atoms with van der Waals surface area (Å²) in [5, 5.41) is 4.75. The topological polar surface area (TPSA) is 43.9 Å². The number of para-hydroxylation sites is 1. The van der Waals surface area contributed by atoms with Gasteiger partial charge in [-0.15, -0.1) is 0 Å². The molecular weight excluding hydrogens is 482 g/mol. The van der Waals surface area contributed by atoms with Gasteiger partial charge in [0.05, 0.1) is 5.69 Å². The summed E-state index contributed by atoms with van der Waals surface area (Å²) in [7, 11) is 0.889. The van der Waals surface area contributed by atoms with Crippen molar-refractivity contribution in [3.8, 4) is 0 Å². The van der Waals surface area contributed by atoms with Crippen LogP contribution in [0.4, 0.5) is 11.4 Å². The molecule has 2 amide bonds. The Morgan fingerprint density at radius 3 is 2.11 bits per heavy atom. The number of thiocarbonyl (C=S) groups is 1. The highest BCUT2D eigenvalue weighted by Gasteiger charge is 2.41. The number of likely N-dealkylation sites (N-methyl/N-ethyl adjacent to an activating group) is 2. The zero-order valence-electron chi connectivity index (χ0n) is 20.7. The summed E-state index contributed by atoms with van der Waals surface area (Å²) < 4.78 is 0. The van der Waals surface area contributed by atoms with Crippen molar-refractivity contribution >= 4 is 59.4 Å². The van der Waals surface area contributed by atoms with E-state index in [0.29, 0.717) is 0 Å². The van der Waals surface area contributed by atoms with E-state index in [4.69, 9.17) is 12.2 Å². The van der Waals surface area contributed by atoms with E-state index >= 15 is 0 Å². The summed E-state index contributed by atoms with van der Waals surface area (Å²) in [6.07, 6.45) is 5.98. The van der Waals surface area contributed by atoms with Gasteiger partial charge in [0.1, 0.15) is 13.6 Å². The summed E-state index contributed by atoms with van der Waals surface area (Å²) in [6, 6.07) is 25.1. The van der Waals surface area contributed by atoms with Crippen LogP contribution in [0.25, 0.3) is 10.8 Å². The number of rotatable bonds is 4. The fraction of sp³-hybridized carbons (Fsp3) is 0.138. The van der Waals surface area contributed by atoms with Crippen molar-refractivity contribution < 1.29 is 9.59 Å². The van der Waals surface area contributed by atoms with E-state index in [2.05, 4.69) is 84.7 Å². The molecule has 0 spiro atoms. The Kier molecular flexibility index (Phi) is 5.98. The van der Waals surface area contributed by atoms with Crippen molar-refractivity contribution in [1.29, 1.82) is 0 Å². The Hall–Kier alpha value is -3.81. The molecule has 36 heavy (non-hydrogen) atoms. The molecule has 1 saturated heterocycles. The minimum absolute atomic E-state index is 0.145. The second-order valence-corrected chi connectivity index (χ2v) is 14.2. The van der Waals surface area contributed by atoms with E-state index in [0.717, 1.165) is 22.0 Å². The number of nitrogens with zero attached hydrogens (tertiary/aromatic N) is 3. The lowest BCUT2D eigenvalue weighted by atomic mass is 10.1. The third-order valence-corrected chi connectivity index (χ3v) is 11.0. The number of benzene rings is 3. The van der Waals surface area contributed by atoms with Crippen LogP contribution >= 0.6 is 12.2 Å². The number of carbonyl (C=O) groups is 2. The Bertz CT molecular complexity index is 1480. The van der Waals surface area contributed by atoms with Gasteiger partial charge >= 0.3 is 0 Å². The highest BCUT2D eigenvalue weighted by molar-refractivity contribution is 7.80. The van der Waals surface area contributed by atoms with Crippen molar-refractivity contribution in [2.45, 2.75) is 13.1 Å². The summed E-state index contributed by atoms with van der Waals surface area (Å²) in [5.41, 5.74) is 2.31. The standard InChI is InChI=1S/C29H27N3O2SSi/c1-30-27(33)24(28(34)31(2)29(30)35)19-22-17-18-26(36(22,3)4)32(21-13-6-5-7-14-21)25-16-10-12-20-11-8-9-15-23(20)25/h5-19H,1-4H3. The van der Waals surface area contributed by atoms with Crippen molar-refractivity contribution in [3.63, 3.8) is 0 Å². The number of fused-ring (bicyclic) bond motifs is 1. The fourth-order valence-electron chi connectivity index (χ4n) is 4.83. The van der Waals surface area contributed by atoms with Crippen LogP contribution in [0.2, 0.25) is 13.1 Å². The van der Waals surface area contributed by atoms with E-state index in [1.54, 1.807) is 20.2 Å². The molecule has 0 aromatic heterocycles. The lowest BCUT2D eigenvalue weighted by Crippen LogP contribution is -2.53. The summed E-state index contributed by atoms with van der Waals surface area (Å²) in [6.45, 7) is 4.51. The van der Waals surface area contributed by atoms with Crippen molar-refractivity contribution in [3.05, 3.63) is 107 Å². The van der Waals surface area contributed by atoms with Crippen molar-refractivity contribution in [1.82, 2.24) is 9.80 Å². The highest BCUT2D eigenvalue weighted by Crippen LogP contribution is 2.42. The summed E-state index contributed by atoms with van der Waals surface area (Å²) >= 11 is 5.25. The second-order valence-electron chi connectivity index (χ2n) is 9.54. The molecule has 0 atom stereocenters. The predicted molar refractivity (Wildman–Crippen MR) is 152 cm³/mol. The van der Waals surface area contributed by atoms with Gasteiger partial charge in [-0.1, -0.05) is 79.0 Å². The largest absolute Gasteiger partial charge is 0.317 e. The Balaban J connectivity index is 1.60. The Morgan fingerprint density at radius 1 is 0.806 bits per heavy atom. The van der Waals surface area contributed by atoms with Crippen molar-refractivity contribution in [2.75, 3.05) is 19.0 Å². The molecule has 1 fully saturated rings. The SMILES string of the molecule is CN1C(=O)C(=CC2=CC=C(N(c3ccccc3)c3cccc4ccccc34)[Si]2(C)C)C(=O)N(C)C1=S. The molecule has 2 aliphatic heterocycles. The minimum Gasteiger partial charge on any atom is -0.317 e. The molecule has 0 unspecified atom stereocenters. The maximum Gasteiger partial charge on any atom is 0.265 e. The van der Waals surface area contributed by atoms with Crippen LogP contribution in [-0.2, 0) is 9.59 Å². The van der Waals surface area contributed by atoms with E-state index < -0.39 is 8.07 Å². The number of allylic oxidation sites excluding steroid dienone is 4. The van der Waals surface area contributed by atoms with Crippen LogP contribution in [0.3, 0.4) is 0 Å². The molecule has 0 saturated carbocycles. The van der Waals surface area contributed by atoms with Gasteiger partial charge in [-0.25, -0.2) is 0 Å². The zero-order chi connectivity index (χ0) is 25.6. The first-order valence-electron chi connectivity index (χ1n) is 11.8. The zero-order valence-corrected chi connectivity index (χ0v) is 22.5. The van der Waals surface area contributed by atoms with Crippen molar-refractivity contribution in [2.24, 2.45) is 0 Å². The number of amides is 2. The number of hydrogen-bond donors (Lipinski definition) is 0. The summed E-state index contributed by atoms with van der Waals surface area (Å²) in [5.74, 6) is -0.729. The first-order valence-corrected chi connectivity index (χ1v) is 15.2. The van der Waals surface area contributed by atoms with Gasteiger partial charge in [0.15, 0.2) is 5.11 Å². The smallest absolute Gasteiger partial charge is 0.265 e. The van der Waals surface area contributed by atoms with Crippen LogP contribution in [0, 0.1) is 0 Å². The molecule has 5 nitrogen and oxygen atoms in total. The lowest BCUT2D eigenvalue weighted by molar-refractivity contribution is -0.132. The van der Waals surface area contributed by atoms with E-state index in [9.17, 15) is 9.59 Å². The fourth-order valence-corrected chi connectivity index (χ4v) is 7.61. The molecule has 7 heteroatoms. The van der Waals surface area contributed by atoms with Gasteiger partial charge in [0.25, 0.3) is 11.8 Å². The molecule has 3 aromatic carbocycles. The number of anilines is 2. The third-order valence-electron chi connectivity index (χ3n) is 6.99. The van der Waals surface area contributed by atoms with Gasteiger partial charge in [-0.05, 0) is 48.0 Å². The van der Waals surface area contributed by atoms with Crippen LogP contribution in [0.1, 0.15) is 0 Å². The molecule has 5 rings (SSSR count). The van der Waals surface area contributed by atoms with Crippen LogP contribution in [0.5, 0.6) is 0 Å². The monoisotopic (exact) mass is 509 g/mol. The molecule has 2 heterocycles. The molecule has 0 bridgehead atoms. The Morgan fingerprint density at radius 2 is 1.42 bits per heavy atom. The maximum atomic E-state index is 13.0. The molecule has 3 aromatic rings.